The van der Waals surface area contributed by atoms with E-state index in [-0.39, 0.29) is 29.7 Å². The molecule has 8 heteroatoms. The van der Waals surface area contributed by atoms with Gasteiger partial charge in [0.15, 0.2) is 5.75 Å². The molecule has 0 saturated carbocycles. The van der Waals surface area contributed by atoms with E-state index in [1.165, 1.54) is 12.1 Å². The lowest BCUT2D eigenvalue weighted by atomic mass is 10.1. The zero-order valence-electron chi connectivity index (χ0n) is 14.3. The molecule has 1 fully saturated rings. The van der Waals surface area contributed by atoms with Crippen LogP contribution in [0.4, 0.5) is 9.18 Å². The third kappa shape index (κ3) is 4.14. The van der Waals surface area contributed by atoms with Crippen molar-refractivity contribution in [2.75, 3.05) is 6.54 Å². The fraction of sp³-hybridized carbons (Fsp3) is 0.158. The Morgan fingerprint density at radius 2 is 2.04 bits per heavy atom. The Morgan fingerprint density at radius 1 is 1.30 bits per heavy atom. The molecular weight excluding hydrogens is 439 g/mol. The van der Waals surface area contributed by atoms with Crippen LogP contribution in [0.2, 0.25) is 5.02 Å². The number of rotatable bonds is 5. The van der Waals surface area contributed by atoms with Crippen molar-refractivity contribution < 1.29 is 18.7 Å². The Balaban J connectivity index is 1.81. The average Bonchev–Trinajstić information content (AvgIpc) is 2.88. The van der Waals surface area contributed by atoms with Gasteiger partial charge in [-0.25, -0.2) is 9.18 Å². The van der Waals surface area contributed by atoms with Crippen molar-refractivity contribution in [3.05, 3.63) is 68.5 Å². The van der Waals surface area contributed by atoms with Gasteiger partial charge in [0.2, 0.25) is 0 Å². The van der Waals surface area contributed by atoms with Crippen molar-refractivity contribution in [2.45, 2.75) is 13.5 Å². The SMILES string of the molecule is CCN1C(=O)N/C(=C/c2cc(Cl)c(OCc3ccccc3F)c(Br)c2)C1=O. The number of carbonyl (C=O) groups excluding carboxylic acids is 2. The summed E-state index contributed by atoms with van der Waals surface area (Å²) in [6, 6.07) is 9.16. The molecule has 0 radical (unpaired) electrons. The summed E-state index contributed by atoms with van der Waals surface area (Å²) in [6.45, 7) is 2.02. The van der Waals surface area contributed by atoms with Gasteiger partial charge in [-0.2, -0.15) is 0 Å². The van der Waals surface area contributed by atoms with Crippen LogP contribution in [0, 0.1) is 5.82 Å². The molecule has 0 bridgehead atoms. The van der Waals surface area contributed by atoms with Crippen molar-refractivity contribution in [1.82, 2.24) is 10.2 Å². The van der Waals surface area contributed by atoms with Crippen LogP contribution in [-0.4, -0.2) is 23.4 Å². The molecule has 2 aromatic carbocycles. The molecule has 3 amide bonds. The molecule has 0 atom stereocenters. The number of nitrogens with one attached hydrogen (secondary N) is 1. The molecule has 1 saturated heterocycles. The van der Waals surface area contributed by atoms with Gasteiger partial charge in [0, 0.05) is 12.1 Å². The molecule has 3 rings (SSSR count). The molecule has 0 unspecified atom stereocenters. The van der Waals surface area contributed by atoms with E-state index in [0.717, 1.165) is 4.90 Å². The third-order valence-electron chi connectivity index (χ3n) is 3.94. The van der Waals surface area contributed by atoms with E-state index in [4.69, 9.17) is 16.3 Å². The van der Waals surface area contributed by atoms with Crippen LogP contribution in [0.25, 0.3) is 6.08 Å². The van der Waals surface area contributed by atoms with Crippen LogP contribution >= 0.6 is 27.5 Å². The predicted octanol–water partition coefficient (Wildman–Crippen LogP) is 4.73. The van der Waals surface area contributed by atoms with Gasteiger partial charge < -0.3 is 10.1 Å². The highest BCUT2D eigenvalue weighted by Crippen LogP contribution is 2.36. The first kappa shape index (κ1) is 19.4. The highest BCUT2D eigenvalue weighted by molar-refractivity contribution is 9.10. The third-order valence-corrected chi connectivity index (χ3v) is 4.81. The Bertz CT molecular complexity index is 925. The Kier molecular flexibility index (Phi) is 5.82. The van der Waals surface area contributed by atoms with Crippen molar-refractivity contribution in [3.8, 4) is 5.75 Å². The molecular formula is C19H15BrClFN2O3. The van der Waals surface area contributed by atoms with Crippen LogP contribution < -0.4 is 10.1 Å². The van der Waals surface area contributed by atoms with E-state index in [9.17, 15) is 14.0 Å². The number of amides is 3. The molecule has 0 spiro atoms. The summed E-state index contributed by atoms with van der Waals surface area (Å²) in [4.78, 5) is 25.0. The minimum Gasteiger partial charge on any atom is -0.486 e. The van der Waals surface area contributed by atoms with Crippen molar-refractivity contribution in [2.24, 2.45) is 0 Å². The molecule has 1 aliphatic rings. The molecule has 0 aliphatic carbocycles. The average molecular weight is 454 g/mol. The number of benzene rings is 2. The van der Waals surface area contributed by atoms with E-state index >= 15 is 0 Å². The van der Waals surface area contributed by atoms with Gasteiger partial charge in [-0.1, -0.05) is 29.8 Å². The highest BCUT2D eigenvalue weighted by Gasteiger charge is 2.32. The minimum absolute atomic E-state index is 0.0193. The molecule has 140 valence electrons. The molecule has 0 aromatic heterocycles. The van der Waals surface area contributed by atoms with Crippen molar-refractivity contribution >= 4 is 45.5 Å². The monoisotopic (exact) mass is 452 g/mol. The van der Waals surface area contributed by atoms with Crippen LogP contribution in [0.1, 0.15) is 18.1 Å². The number of likely N-dealkylation sites (N-methyl/N-ethyl adjacent to an activating group) is 1. The van der Waals surface area contributed by atoms with E-state index in [2.05, 4.69) is 21.2 Å². The van der Waals surface area contributed by atoms with Gasteiger partial charge in [0.05, 0.1) is 9.50 Å². The zero-order chi connectivity index (χ0) is 19.6. The van der Waals surface area contributed by atoms with Crippen LogP contribution in [0.5, 0.6) is 5.75 Å². The van der Waals surface area contributed by atoms with Crippen molar-refractivity contribution in [1.29, 1.82) is 0 Å². The summed E-state index contributed by atoms with van der Waals surface area (Å²) in [5.74, 6) is -0.393. The zero-order valence-corrected chi connectivity index (χ0v) is 16.6. The molecule has 2 aromatic rings. The standard InChI is InChI=1S/C19H15BrClFN2O3/c1-2-24-18(25)16(23-19(24)26)9-11-7-13(20)17(14(21)8-11)27-10-12-5-3-4-6-15(12)22/h3-9H,2,10H2,1H3,(H,23,26)/b16-9+. The quantitative estimate of drug-likeness (QED) is 0.526. The Morgan fingerprint density at radius 3 is 2.67 bits per heavy atom. The lowest BCUT2D eigenvalue weighted by Gasteiger charge is -2.12. The van der Waals surface area contributed by atoms with E-state index in [0.29, 0.717) is 21.3 Å². The summed E-state index contributed by atoms with van der Waals surface area (Å²) in [6.07, 6.45) is 1.53. The minimum atomic E-state index is -0.455. The summed E-state index contributed by atoms with van der Waals surface area (Å²) in [5, 5.41) is 2.82. The first-order valence-electron chi connectivity index (χ1n) is 8.10. The molecule has 1 heterocycles. The number of imide groups is 1. The summed E-state index contributed by atoms with van der Waals surface area (Å²) < 4.78 is 19.9. The first-order valence-corrected chi connectivity index (χ1v) is 9.27. The molecule has 27 heavy (non-hydrogen) atoms. The number of carbonyl (C=O) groups is 2. The predicted molar refractivity (Wildman–Crippen MR) is 104 cm³/mol. The summed E-state index contributed by atoms with van der Waals surface area (Å²) in [7, 11) is 0. The normalized spacial score (nSPS) is 15.4. The Hall–Kier alpha value is -2.38. The molecule has 5 nitrogen and oxygen atoms in total. The Labute approximate surface area is 168 Å². The smallest absolute Gasteiger partial charge is 0.328 e. The second-order valence-electron chi connectivity index (χ2n) is 5.73. The van der Waals surface area contributed by atoms with Gasteiger partial charge in [-0.05, 0) is 52.7 Å². The van der Waals surface area contributed by atoms with Crippen LogP contribution in [0.15, 0.2) is 46.6 Å². The van der Waals surface area contributed by atoms with E-state index < -0.39 is 11.9 Å². The van der Waals surface area contributed by atoms with E-state index in [1.54, 1.807) is 37.3 Å². The van der Waals surface area contributed by atoms with Gasteiger partial charge in [-0.15, -0.1) is 0 Å². The number of hydrogen-bond donors (Lipinski definition) is 1. The fourth-order valence-corrected chi connectivity index (χ4v) is 3.58. The van der Waals surface area contributed by atoms with Gasteiger partial charge >= 0.3 is 6.03 Å². The maximum Gasteiger partial charge on any atom is 0.328 e. The summed E-state index contributed by atoms with van der Waals surface area (Å²) in [5.41, 5.74) is 1.18. The van der Waals surface area contributed by atoms with Crippen LogP contribution in [-0.2, 0) is 11.4 Å². The topological polar surface area (TPSA) is 58.6 Å². The van der Waals surface area contributed by atoms with Crippen LogP contribution in [0.3, 0.4) is 0 Å². The molecule has 1 N–H and O–H groups in total. The van der Waals surface area contributed by atoms with Gasteiger partial charge in [0.1, 0.15) is 18.1 Å². The van der Waals surface area contributed by atoms with Gasteiger partial charge in [-0.3, -0.25) is 9.69 Å². The number of nitrogens with zero attached hydrogens (tertiary/aromatic N) is 1. The number of ether oxygens (including phenoxy) is 1. The van der Waals surface area contributed by atoms with E-state index in [1.807, 2.05) is 0 Å². The highest BCUT2D eigenvalue weighted by atomic mass is 79.9. The number of urea groups is 1. The lowest BCUT2D eigenvalue weighted by Crippen LogP contribution is -2.30. The first-order chi connectivity index (χ1) is 12.9. The maximum absolute atomic E-state index is 13.7. The number of hydrogen-bond acceptors (Lipinski definition) is 3. The molecule has 1 aliphatic heterocycles. The fourth-order valence-electron chi connectivity index (χ4n) is 2.59. The summed E-state index contributed by atoms with van der Waals surface area (Å²) >= 11 is 9.66. The largest absolute Gasteiger partial charge is 0.486 e. The lowest BCUT2D eigenvalue weighted by molar-refractivity contribution is -0.122. The maximum atomic E-state index is 13.7. The second kappa shape index (κ2) is 8.10. The van der Waals surface area contributed by atoms with Crippen molar-refractivity contribution in [3.63, 3.8) is 0 Å². The van der Waals surface area contributed by atoms with Gasteiger partial charge in [0.25, 0.3) is 5.91 Å². The second-order valence-corrected chi connectivity index (χ2v) is 6.99. The number of halogens is 3.